The number of methoxy groups -OCH3 is 1. The molecule has 1 aromatic carbocycles. The van der Waals surface area contributed by atoms with Crippen molar-refractivity contribution in [1.29, 1.82) is 0 Å². The summed E-state index contributed by atoms with van der Waals surface area (Å²) in [5.74, 6) is -0.256. The van der Waals surface area contributed by atoms with Crippen molar-refractivity contribution in [3.8, 4) is 11.3 Å². The number of ether oxygens (including phenoxy) is 1. The van der Waals surface area contributed by atoms with Crippen LogP contribution in [-0.4, -0.2) is 38.0 Å². The van der Waals surface area contributed by atoms with Gasteiger partial charge in [-0.2, -0.15) is 0 Å². The molecule has 7 nitrogen and oxygen atoms in total. The van der Waals surface area contributed by atoms with Gasteiger partial charge in [0, 0.05) is 29.7 Å². The van der Waals surface area contributed by atoms with Crippen LogP contribution in [0.25, 0.3) is 33.2 Å². The smallest absolute Gasteiger partial charge is 0.309 e. The maximum absolute atomic E-state index is 11.5. The van der Waals surface area contributed by atoms with E-state index in [-0.39, 0.29) is 12.4 Å². The fraction of sp³-hybridized carbons (Fsp3) is 0.222. The molecule has 0 unspecified atom stereocenters. The van der Waals surface area contributed by atoms with Gasteiger partial charge in [-0.15, -0.1) is 5.10 Å². The molecule has 0 aliphatic carbocycles. The topological polar surface area (TPSA) is 85.7 Å². The lowest BCUT2D eigenvalue weighted by Crippen LogP contribution is -2.04. The molecule has 0 saturated carbocycles. The Morgan fingerprint density at radius 2 is 2.12 bits per heavy atom. The molecule has 7 heteroatoms. The zero-order valence-corrected chi connectivity index (χ0v) is 14.2. The Kier molecular flexibility index (Phi) is 3.49. The number of hydrogen-bond donors (Lipinski definition) is 1. The number of fused-ring (bicyclic) bond motifs is 3. The van der Waals surface area contributed by atoms with Gasteiger partial charge in [0.25, 0.3) is 0 Å². The third-order valence-electron chi connectivity index (χ3n) is 4.34. The van der Waals surface area contributed by atoms with E-state index in [9.17, 15) is 4.79 Å². The average molecular weight is 335 g/mol. The van der Waals surface area contributed by atoms with E-state index in [1.165, 1.54) is 7.11 Å². The summed E-state index contributed by atoms with van der Waals surface area (Å²) in [5.41, 5.74) is 6.45. The van der Waals surface area contributed by atoms with E-state index < -0.39 is 0 Å². The van der Waals surface area contributed by atoms with Gasteiger partial charge in [-0.1, -0.05) is 11.3 Å². The number of aryl methyl sites for hydroxylation is 2. The van der Waals surface area contributed by atoms with Gasteiger partial charge in [0.2, 0.25) is 0 Å². The Labute approximate surface area is 143 Å². The van der Waals surface area contributed by atoms with Crippen molar-refractivity contribution >= 4 is 27.9 Å². The summed E-state index contributed by atoms with van der Waals surface area (Å²) in [7, 11) is 3.26. The third kappa shape index (κ3) is 2.53. The van der Waals surface area contributed by atoms with Gasteiger partial charge in [-0.05, 0) is 30.7 Å². The van der Waals surface area contributed by atoms with Gasteiger partial charge in [-0.25, -0.2) is 4.68 Å². The molecular weight excluding hydrogens is 318 g/mol. The molecule has 0 aliphatic rings. The minimum atomic E-state index is -0.256. The second-order valence-corrected chi connectivity index (χ2v) is 6.03. The van der Waals surface area contributed by atoms with Gasteiger partial charge >= 0.3 is 5.97 Å². The number of nitrogens with one attached hydrogen (secondary N) is 1. The molecular formula is C18H17N5O2. The van der Waals surface area contributed by atoms with E-state index in [0.717, 1.165) is 44.5 Å². The highest BCUT2D eigenvalue weighted by Crippen LogP contribution is 2.29. The van der Waals surface area contributed by atoms with Crippen LogP contribution in [0.15, 0.2) is 30.5 Å². The van der Waals surface area contributed by atoms with Crippen LogP contribution in [0.2, 0.25) is 0 Å². The van der Waals surface area contributed by atoms with Crippen molar-refractivity contribution in [2.45, 2.75) is 13.3 Å². The molecule has 0 aliphatic heterocycles. The molecule has 4 rings (SSSR count). The fourth-order valence-corrected chi connectivity index (χ4v) is 3.15. The maximum Gasteiger partial charge on any atom is 0.309 e. The standard InChI is InChI=1S/C18H17N5O2/c1-10-18(23(2)22-21-10)12-8-15-17(19-9-12)13-6-11(7-16(24)25-3)4-5-14(13)20-15/h4-6,8-9,20H,7H2,1-3H3. The number of rotatable bonds is 3. The first-order valence-electron chi connectivity index (χ1n) is 7.90. The molecule has 0 atom stereocenters. The van der Waals surface area contributed by atoms with Crippen LogP contribution < -0.4 is 0 Å². The predicted molar refractivity (Wildman–Crippen MR) is 94.1 cm³/mol. The summed E-state index contributed by atoms with van der Waals surface area (Å²) in [6.45, 7) is 1.93. The number of pyridine rings is 1. The van der Waals surface area contributed by atoms with Crippen LogP contribution in [0.5, 0.6) is 0 Å². The summed E-state index contributed by atoms with van der Waals surface area (Å²) in [5, 5.41) is 9.13. The van der Waals surface area contributed by atoms with E-state index in [4.69, 9.17) is 4.74 Å². The molecule has 0 amide bonds. The molecule has 0 radical (unpaired) electrons. The van der Waals surface area contributed by atoms with E-state index in [0.29, 0.717) is 0 Å². The van der Waals surface area contributed by atoms with Crippen molar-refractivity contribution < 1.29 is 9.53 Å². The predicted octanol–water partition coefficient (Wildman–Crippen LogP) is 2.54. The zero-order chi connectivity index (χ0) is 17.6. The first-order valence-corrected chi connectivity index (χ1v) is 7.90. The average Bonchev–Trinajstić information content (AvgIpc) is 3.13. The zero-order valence-electron chi connectivity index (χ0n) is 14.2. The lowest BCUT2D eigenvalue weighted by molar-refractivity contribution is -0.139. The van der Waals surface area contributed by atoms with Gasteiger partial charge in [0.05, 0.1) is 36.0 Å². The largest absolute Gasteiger partial charge is 0.469 e. The molecule has 0 saturated heterocycles. The highest BCUT2D eigenvalue weighted by Gasteiger charge is 2.13. The van der Waals surface area contributed by atoms with Crippen molar-refractivity contribution in [2.75, 3.05) is 7.11 Å². The highest BCUT2D eigenvalue weighted by atomic mass is 16.5. The number of carbonyl (C=O) groups excluding carboxylic acids is 1. The van der Waals surface area contributed by atoms with Crippen LogP contribution in [0.3, 0.4) is 0 Å². The number of aromatic amines is 1. The lowest BCUT2D eigenvalue weighted by Gasteiger charge is -2.02. The number of esters is 1. The van der Waals surface area contributed by atoms with Gasteiger partial charge in [-0.3, -0.25) is 9.78 Å². The van der Waals surface area contributed by atoms with E-state index >= 15 is 0 Å². The second-order valence-electron chi connectivity index (χ2n) is 6.03. The van der Waals surface area contributed by atoms with Gasteiger partial charge < -0.3 is 9.72 Å². The normalized spacial score (nSPS) is 11.3. The molecule has 0 fully saturated rings. The summed E-state index contributed by atoms with van der Waals surface area (Å²) in [6.07, 6.45) is 2.07. The van der Waals surface area contributed by atoms with Gasteiger partial charge in [0.15, 0.2) is 0 Å². The first-order chi connectivity index (χ1) is 12.1. The van der Waals surface area contributed by atoms with Crippen LogP contribution >= 0.6 is 0 Å². The number of H-pyrrole nitrogens is 1. The summed E-state index contributed by atoms with van der Waals surface area (Å²) < 4.78 is 6.48. The van der Waals surface area contributed by atoms with Crippen LogP contribution in [-0.2, 0) is 23.0 Å². The Balaban J connectivity index is 1.84. The van der Waals surface area contributed by atoms with Gasteiger partial charge in [0.1, 0.15) is 0 Å². The fourth-order valence-electron chi connectivity index (χ4n) is 3.15. The minimum absolute atomic E-state index is 0.247. The number of nitrogens with zero attached hydrogens (tertiary/aromatic N) is 4. The van der Waals surface area contributed by atoms with E-state index in [1.54, 1.807) is 4.68 Å². The second kappa shape index (κ2) is 5.70. The highest BCUT2D eigenvalue weighted by molar-refractivity contribution is 6.06. The molecule has 0 bridgehead atoms. The van der Waals surface area contributed by atoms with Crippen molar-refractivity contribution in [2.24, 2.45) is 7.05 Å². The first kappa shape index (κ1) is 15.3. The molecule has 1 N–H and O–H groups in total. The number of benzene rings is 1. The molecule has 4 aromatic rings. The molecule has 3 aromatic heterocycles. The summed E-state index contributed by atoms with van der Waals surface area (Å²) in [6, 6.07) is 7.92. The Morgan fingerprint density at radius 1 is 1.28 bits per heavy atom. The Morgan fingerprint density at radius 3 is 2.84 bits per heavy atom. The van der Waals surface area contributed by atoms with Crippen LogP contribution in [0, 0.1) is 6.92 Å². The van der Waals surface area contributed by atoms with Crippen LogP contribution in [0.1, 0.15) is 11.3 Å². The number of hydrogen-bond acceptors (Lipinski definition) is 5. The maximum atomic E-state index is 11.5. The third-order valence-corrected chi connectivity index (χ3v) is 4.34. The molecule has 126 valence electrons. The van der Waals surface area contributed by atoms with Crippen molar-refractivity contribution in [1.82, 2.24) is 25.0 Å². The Hall–Kier alpha value is -3.22. The van der Waals surface area contributed by atoms with Crippen LogP contribution in [0.4, 0.5) is 0 Å². The van der Waals surface area contributed by atoms with E-state index in [1.807, 2.05) is 44.4 Å². The van der Waals surface area contributed by atoms with Crippen molar-refractivity contribution in [3.63, 3.8) is 0 Å². The quantitative estimate of drug-likeness (QED) is 0.582. The number of aromatic nitrogens is 5. The lowest BCUT2D eigenvalue weighted by atomic mass is 10.1. The van der Waals surface area contributed by atoms with E-state index in [2.05, 4.69) is 20.3 Å². The molecule has 0 spiro atoms. The molecule has 25 heavy (non-hydrogen) atoms. The Bertz CT molecular complexity index is 1090. The summed E-state index contributed by atoms with van der Waals surface area (Å²) >= 11 is 0. The number of carbonyl (C=O) groups is 1. The summed E-state index contributed by atoms with van der Waals surface area (Å²) in [4.78, 5) is 19.5. The SMILES string of the molecule is COC(=O)Cc1ccc2[nH]c3cc(-c4c(C)nnn4C)cnc3c2c1. The minimum Gasteiger partial charge on any atom is -0.469 e. The van der Waals surface area contributed by atoms with Crippen molar-refractivity contribution in [3.05, 3.63) is 41.7 Å². The molecule has 3 heterocycles. The monoisotopic (exact) mass is 335 g/mol.